The van der Waals surface area contributed by atoms with Crippen molar-refractivity contribution in [2.75, 3.05) is 0 Å². The third-order valence-corrected chi connectivity index (χ3v) is 4.99. The van der Waals surface area contributed by atoms with Crippen molar-refractivity contribution in [3.05, 3.63) is 76.1 Å². The quantitative estimate of drug-likeness (QED) is 0.590. The van der Waals surface area contributed by atoms with E-state index in [-0.39, 0.29) is 17.5 Å². The van der Waals surface area contributed by atoms with E-state index >= 15 is 0 Å². The van der Waals surface area contributed by atoms with E-state index in [9.17, 15) is 9.90 Å². The summed E-state index contributed by atoms with van der Waals surface area (Å²) in [7, 11) is 0. The van der Waals surface area contributed by atoms with Crippen LogP contribution in [-0.4, -0.2) is 21.9 Å². The summed E-state index contributed by atoms with van der Waals surface area (Å²) in [6.45, 7) is 6.81. The van der Waals surface area contributed by atoms with Crippen LogP contribution in [0, 0.1) is 5.92 Å². The fourth-order valence-corrected chi connectivity index (χ4v) is 3.30. The molecule has 1 heterocycles. The lowest BCUT2D eigenvalue weighted by molar-refractivity contribution is 0.416. The molecule has 0 amide bonds. The number of aromatic hydroxyl groups is 1. The molecule has 2 aromatic carbocycles. The SMILES string of the molecule is CC(C)CCC(C)N=Cc1c(O)n(Cc2ccccc2)c(=O)c2ccccc12. The fourth-order valence-electron chi connectivity index (χ4n) is 3.30. The smallest absolute Gasteiger partial charge is 0.261 e. The summed E-state index contributed by atoms with van der Waals surface area (Å²) >= 11 is 0. The Morgan fingerprint density at radius 3 is 2.29 bits per heavy atom. The molecule has 1 N–H and O–H groups in total. The number of hydrogen-bond donors (Lipinski definition) is 1. The van der Waals surface area contributed by atoms with Crippen LogP contribution in [0.5, 0.6) is 5.88 Å². The van der Waals surface area contributed by atoms with Gasteiger partial charge in [-0.15, -0.1) is 0 Å². The summed E-state index contributed by atoms with van der Waals surface area (Å²) in [6, 6.07) is 17.2. The molecule has 3 rings (SSSR count). The van der Waals surface area contributed by atoms with Gasteiger partial charge >= 0.3 is 0 Å². The molecule has 0 aliphatic heterocycles. The second kappa shape index (κ2) is 8.87. The first-order valence-corrected chi connectivity index (χ1v) is 9.89. The van der Waals surface area contributed by atoms with Crippen molar-refractivity contribution in [1.29, 1.82) is 0 Å². The van der Waals surface area contributed by atoms with Gasteiger partial charge in [0.1, 0.15) is 0 Å². The van der Waals surface area contributed by atoms with Crippen LogP contribution in [0.2, 0.25) is 0 Å². The lowest BCUT2D eigenvalue weighted by atomic mass is 10.0. The molecule has 4 heteroatoms. The first-order valence-electron chi connectivity index (χ1n) is 9.89. The zero-order valence-corrected chi connectivity index (χ0v) is 16.8. The maximum Gasteiger partial charge on any atom is 0.261 e. The van der Waals surface area contributed by atoms with Crippen LogP contribution in [0.4, 0.5) is 0 Å². The Labute approximate surface area is 166 Å². The lowest BCUT2D eigenvalue weighted by Crippen LogP contribution is -2.22. The van der Waals surface area contributed by atoms with E-state index in [1.807, 2.05) is 48.5 Å². The van der Waals surface area contributed by atoms with E-state index in [1.165, 1.54) is 4.57 Å². The molecule has 0 saturated carbocycles. The van der Waals surface area contributed by atoms with Crippen LogP contribution < -0.4 is 5.56 Å². The van der Waals surface area contributed by atoms with Gasteiger partial charge in [-0.25, -0.2) is 0 Å². The van der Waals surface area contributed by atoms with Crippen molar-refractivity contribution in [2.24, 2.45) is 10.9 Å². The normalized spacial score (nSPS) is 12.9. The highest BCUT2D eigenvalue weighted by atomic mass is 16.3. The number of fused-ring (bicyclic) bond motifs is 1. The zero-order chi connectivity index (χ0) is 20.1. The van der Waals surface area contributed by atoms with Gasteiger partial charge in [0, 0.05) is 23.0 Å². The van der Waals surface area contributed by atoms with E-state index in [0.29, 0.717) is 23.4 Å². The number of nitrogens with zero attached hydrogens (tertiary/aromatic N) is 2. The van der Waals surface area contributed by atoms with E-state index < -0.39 is 0 Å². The van der Waals surface area contributed by atoms with Crippen LogP contribution in [0.1, 0.15) is 44.7 Å². The number of rotatable bonds is 7. The minimum Gasteiger partial charge on any atom is -0.494 e. The summed E-state index contributed by atoms with van der Waals surface area (Å²) < 4.78 is 1.43. The second-order valence-electron chi connectivity index (χ2n) is 7.76. The van der Waals surface area contributed by atoms with Crippen molar-refractivity contribution in [3.63, 3.8) is 0 Å². The van der Waals surface area contributed by atoms with Crippen molar-refractivity contribution in [3.8, 4) is 5.88 Å². The molecule has 146 valence electrons. The van der Waals surface area contributed by atoms with Crippen LogP contribution in [-0.2, 0) is 6.54 Å². The standard InChI is InChI=1S/C24H28N2O2/c1-17(2)13-14-18(3)25-15-22-20-11-7-8-12-21(20)23(27)26(24(22)28)16-19-9-5-4-6-10-19/h4-12,15,17-18,28H,13-14,16H2,1-3H3. The Hall–Kier alpha value is -2.88. The summed E-state index contributed by atoms with van der Waals surface area (Å²) in [5.41, 5.74) is 1.37. The average Bonchev–Trinajstić information content (AvgIpc) is 2.70. The first kappa shape index (κ1) is 19.9. The van der Waals surface area contributed by atoms with Crippen LogP contribution in [0.15, 0.2) is 64.4 Å². The Morgan fingerprint density at radius 1 is 0.964 bits per heavy atom. The van der Waals surface area contributed by atoms with Gasteiger partial charge in [-0.1, -0.05) is 62.4 Å². The maximum absolute atomic E-state index is 13.0. The molecule has 0 aliphatic rings. The number of benzene rings is 2. The fraction of sp³-hybridized carbons (Fsp3) is 0.333. The molecular formula is C24H28N2O2. The molecule has 0 radical (unpaired) electrons. The highest BCUT2D eigenvalue weighted by molar-refractivity contribution is 6.01. The summed E-state index contributed by atoms with van der Waals surface area (Å²) in [4.78, 5) is 17.6. The molecule has 1 atom stereocenters. The zero-order valence-electron chi connectivity index (χ0n) is 16.8. The largest absolute Gasteiger partial charge is 0.494 e. The Kier molecular flexibility index (Phi) is 6.30. The minimum atomic E-state index is -0.193. The number of aliphatic imine (C=N–C) groups is 1. The van der Waals surface area contributed by atoms with E-state index in [1.54, 1.807) is 12.3 Å². The molecule has 0 spiro atoms. The Bertz CT molecular complexity index is 1020. The number of pyridine rings is 1. The summed E-state index contributed by atoms with van der Waals surface area (Å²) in [6.07, 6.45) is 3.83. The second-order valence-corrected chi connectivity index (χ2v) is 7.76. The molecule has 28 heavy (non-hydrogen) atoms. The molecule has 1 unspecified atom stereocenters. The maximum atomic E-state index is 13.0. The van der Waals surface area contributed by atoms with Gasteiger partial charge in [0.25, 0.3) is 5.56 Å². The van der Waals surface area contributed by atoms with Gasteiger partial charge in [0.05, 0.1) is 12.1 Å². The van der Waals surface area contributed by atoms with Gasteiger partial charge in [-0.2, -0.15) is 0 Å². The highest BCUT2D eigenvalue weighted by Crippen LogP contribution is 2.24. The minimum absolute atomic E-state index is 0.0348. The third kappa shape index (κ3) is 4.50. The topological polar surface area (TPSA) is 54.6 Å². The highest BCUT2D eigenvalue weighted by Gasteiger charge is 2.15. The van der Waals surface area contributed by atoms with Gasteiger partial charge < -0.3 is 5.11 Å². The van der Waals surface area contributed by atoms with Gasteiger partial charge in [0.2, 0.25) is 5.88 Å². The van der Waals surface area contributed by atoms with Crippen molar-refractivity contribution < 1.29 is 5.11 Å². The van der Waals surface area contributed by atoms with Gasteiger partial charge in [-0.3, -0.25) is 14.4 Å². The molecule has 4 nitrogen and oxygen atoms in total. The van der Waals surface area contributed by atoms with E-state index in [0.717, 1.165) is 23.8 Å². The number of aromatic nitrogens is 1. The van der Waals surface area contributed by atoms with Crippen molar-refractivity contribution in [1.82, 2.24) is 4.57 Å². The lowest BCUT2D eigenvalue weighted by Gasteiger charge is -2.14. The summed E-state index contributed by atoms with van der Waals surface area (Å²) in [5, 5.41) is 12.3. The van der Waals surface area contributed by atoms with E-state index in [4.69, 9.17) is 0 Å². The molecule has 3 aromatic rings. The van der Waals surface area contributed by atoms with Gasteiger partial charge in [-0.05, 0) is 37.3 Å². The molecular weight excluding hydrogens is 348 g/mol. The predicted molar refractivity (Wildman–Crippen MR) is 117 cm³/mol. The molecule has 0 aliphatic carbocycles. The van der Waals surface area contributed by atoms with E-state index in [2.05, 4.69) is 25.8 Å². The third-order valence-electron chi connectivity index (χ3n) is 4.99. The average molecular weight is 377 g/mol. The monoisotopic (exact) mass is 376 g/mol. The van der Waals surface area contributed by atoms with Gasteiger partial charge in [0.15, 0.2) is 0 Å². The van der Waals surface area contributed by atoms with Crippen LogP contribution in [0.3, 0.4) is 0 Å². The summed E-state index contributed by atoms with van der Waals surface area (Å²) in [5.74, 6) is 0.604. The molecule has 1 aromatic heterocycles. The van der Waals surface area contributed by atoms with Crippen molar-refractivity contribution >= 4 is 17.0 Å². The van der Waals surface area contributed by atoms with Crippen molar-refractivity contribution in [2.45, 2.75) is 46.2 Å². The Balaban J connectivity index is 2.04. The first-order chi connectivity index (χ1) is 13.5. The molecule has 0 saturated heterocycles. The molecule has 0 fully saturated rings. The molecule has 0 bridgehead atoms. The van der Waals surface area contributed by atoms with Crippen LogP contribution >= 0.6 is 0 Å². The number of hydrogen-bond acceptors (Lipinski definition) is 3. The predicted octanol–water partition coefficient (Wildman–Crippen LogP) is 5.00. The van der Waals surface area contributed by atoms with Crippen LogP contribution in [0.25, 0.3) is 10.8 Å². The Morgan fingerprint density at radius 2 is 1.61 bits per heavy atom.